The number of hydrogen-bond donors (Lipinski definition) is 5. The van der Waals surface area contributed by atoms with E-state index in [2.05, 4.69) is 20.6 Å². The van der Waals surface area contributed by atoms with E-state index in [1.807, 2.05) is 36.4 Å². The van der Waals surface area contributed by atoms with E-state index in [0.717, 1.165) is 50.5 Å². The Morgan fingerprint density at radius 1 is 1.02 bits per heavy atom. The van der Waals surface area contributed by atoms with Crippen LogP contribution >= 0.6 is 0 Å². The van der Waals surface area contributed by atoms with E-state index in [1.54, 1.807) is 20.8 Å². The van der Waals surface area contributed by atoms with Crippen molar-refractivity contribution in [2.24, 2.45) is 17.8 Å². The summed E-state index contributed by atoms with van der Waals surface area (Å²) in [6.07, 6.45) is 6.57. The highest BCUT2D eigenvalue weighted by Crippen LogP contribution is 2.36. The van der Waals surface area contributed by atoms with Crippen molar-refractivity contribution in [3.63, 3.8) is 0 Å². The molecule has 2 aromatic rings. The van der Waals surface area contributed by atoms with Crippen LogP contribution in [0.4, 0.5) is 0 Å². The molecule has 2 saturated carbocycles. The summed E-state index contributed by atoms with van der Waals surface area (Å²) in [5.74, 6) is -2.36. The third-order valence-electron chi connectivity index (χ3n) is 9.42. The summed E-state index contributed by atoms with van der Waals surface area (Å²) in [6.45, 7) is 4.77. The molecule has 4 rings (SSSR count). The zero-order valence-electron chi connectivity index (χ0n) is 27.1. The Bertz CT molecular complexity index is 1450. The molecule has 1 heterocycles. The van der Waals surface area contributed by atoms with E-state index >= 15 is 0 Å². The lowest BCUT2D eigenvalue weighted by Gasteiger charge is -2.33. The number of rotatable bonds is 15. The molecule has 1 aromatic carbocycles. The molecule has 5 N–H and O–H groups in total. The first-order chi connectivity index (χ1) is 21.8. The molecule has 5 atom stereocenters. The summed E-state index contributed by atoms with van der Waals surface area (Å²) in [5.41, 5.74) is 1.19. The first-order valence-electron chi connectivity index (χ1n) is 16.4. The minimum Gasteiger partial charge on any atom is -0.390 e. The van der Waals surface area contributed by atoms with Gasteiger partial charge >= 0.3 is 0 Å². The van der Waals surface area contributed by atoms with Crippen molar-refractivity contribution in [2.75, 3.05) is 5.75 Å². The van der Waals surface area contributed by atoms with Crippen LogP contribution in [0.15, 0.2) is 36.7 Å². The molecule has 12 heteroatoms. The fourth-order valence-corrected chi connectivity index (χ4v) is 7.52. The number of benzene rings is 1. The van der Waals surface area contributed by atoms with Gasteiger partial charge in [0.25, 0.3) is 0 Å². The van der Waals surface area contributed by atoms with Crippen LogP contribution in [0, 0.1) is 29.1 Å². The normalized spacial score (nSPS) is 19.3. The summed E-state index contributed by atoms with van der Waals surface area (Å²) in [5, 5.41) is 37.4. The largest absolute Gasteiger partial charge is 0.390 e. The van der Waals surface area contributed by atoms with Crippen molar-refractivity contribution >= 4 is 21.7 Å². The zero-order valence-corrected chi connectivity index (χ0v) is 27.9. The lowest BCUT2D eigenvalue weighted by molar-refractivity contribution is -0.132. The van der Waals surface area contributed by atoms with Gasteiger partial charge in [0, 0.05) is 6.42 Å². The number of sulfone groups is 1. The Hall–Kier alpha value is -3.27. The Morgan fingerprint density at radius 2 is 1.70 bits per heavy atom. The third kappa shape index (κ3) is 9.62. The SMILES string of the molecule is CC(C)(C)S(=O)(=O)C[C@@H](Cc1ccccc1)C(=O)N[C@@H](Cc1[nH]cnc1C#N)C(=O)N[C@@H](CC1CCCCC1)[C@@H](O)[C@@H](O)C1CC1. The number of carbonyl (C=O) groups excluding carboxylic acids is 2. The standard InChI is InChI=1S/C34H49N5O6S/c1-34(2,3)46(44,45)20-25(16-22-10-6-4-7-11-22)32(42)39-28(18-26-29(19-35)37-21-36-26)33(43)38-27(17-23-12-8-5-9-13-23)31(41)30(40)24-14-15-24/h4,6-7,10-11,21,23-25,27-28,30-31,40-41H,5,8-9,12-18,20H2,1-3H3,(H,36,37)(H,38,43)(H,39,42)/t25-,27+,28+,30+,31-/m1/s1. The molecule has 2 fully saturated rings. The van der Waals surface area contributed by atoms with Gasteiger partial charge in [-0.2, -0.15) is 5.26 Å². The molecule has 1 aromatic heterocycles. The van der Waals surface area contributed by atoms with Crippen LogP contribution in [0.3, 0.4) is 0 Å². The van der Waals surface area contributed by atoms with Crippen LogP contribution in [0.1, 0.15) is 89.1 Å². The number of aliphatic hydroxyl groups excluding tert-OH is 2. The molecule has 0 unspecified atom stereocenters. The topological polar surface area (TPSA) is 185 Å². The molecular weight excluding hydrogens is 606 g/mol. The van der Waals surface area contributed by atoms with E-state index < -0.39 is 62.4 Å². The maximum Gasteiger partial charge on any atom is 0.243 e. The van der Waals surface area contributed by atoms with Crippen molar-refractivity contribution in [3.05, 3.63) is 53.6 Å². The molecule has 0 bridgehead atoms. The van der Waals surface area contributed by atoms with Crippen molar-refractivity contribution in [1.29, 1.82) is 5.26 Å². The summed E-state index contributed by atoms with van der Waals surface area (Å²) >= 11 is 0. The first-order valence-corrected chi connectivity index (χ1v) is 18.1. The first kappa shape index (κ1) is 35.6. The summed E-state index contributed by atoms with van der Waals surface area (Å²) in [7, 11) is -3.72. The Morgan fingerprint density at radius 3 is 2.30 bits per heavy atom. The number of carbonyl (C=O) groups is 2. The Labute approximate surface area is 272 Å². The van der Waals surface area contributed by atoms with E-state index in [1.165, 1.54) is 6.33 Å². The van der Waals surface area contributed by atoms with E-state index in [9.17, 15) is 33.5 Å². The second-order valence-corrected chi connectivity index (χ2v) is 16.8. The highest BCUT2D eigenvalue weighted by Gasteiger charge is 2.41. The number of amides is 2. The van der Waals surface area contributed by atoms with Gasteiger partial charge in [-0.05, 0) is 63.9 Å². The molecular formula is C34H49N5O6S. The van der Waals surface area contributed by atoms with Crippen LogP contribution in [0.5, 0.6) is 0 Å². The number of nitrogens with one attached hydrogen (secondary N) is 3. The lowest BCUT2D eigenvalue weighted by atomic mass is 9.82. The molecule has 0 spiro atoms. The quantitative estimate of drug-likeness (QED) is 0.194. The number of H-pyrrole nitrogens is 1. The second-order valence-electron chi connectivity index (χ2n) is 14.1. The monoisotopic (exact) mass is 655 g/mol. The van der Waals surface area contributed by atoms with Gasteiger partial charge in [0.15, 0.2) is 15.5 Å². The highest BCUT2D eigenvalue weighted by molar-refractivity contribution is 7.92. The molecule has 0 radical (unpaired) electrons. The summed E-state index contributed by atoms with van der Waals surface area (Å²) < 4.78 is 25.5. The maximum absolute atomic E-state index is 14.0. The fourth-order valence-electron chi connectivity index (χ4n) is 6.22. The van der Waals surface area contributed by atoms with Gasteiger partial charge in [-0.15, -0.1) is 0 Å². The third-order valence-corrected chi connectivity index (χ3v) is 12.1. The number of aromatic nitrogens is 2. The van der Waals surface area contributed by atoms with Crippen molar-refractivity contribution in [1.82, 2.24) is 20.6 Å². The van der Waals surface area contributed by atoms with E-state index in [-0.39, 0.29) is 30.4 Å². The average Bonchev–Trinajstić information content (AvgIpc) is 3.78. The molecule has 46 heavy (non-hydrogen) atoms. The Balaban J connectivity index is 1.61. The molecule has 0 aliphatic heterocycles. The van der Waals surface area contributed by atoms with Gasteiger partial charge in [-0.25, -0.2) is 13.4 Å². The van der Waals surface area contributed by atoms with Crippen molar-refractivity contribution in [3.8, 4) is 6.07 Å². The highest BCUT2D eigenvalue weighted by atomic mass is 32.2. The van der Waals surface area contributed by atoms with Crippen molar-refractivity contribution < 1.29 is 28.2 Å². The molecule has 11 nitrogen and oxygen atoms in total. The average molecular weight is 656 g/mol. The van der Waals surface area contributed by atoms with Crippen molar-refractivity contribution in [2.45, 2.75) is 114 Å². The van der Waals surface area contributed by atoms with Gasteiger partial charge < -0.3 is 25.8 Å². The van der Waals surface area contributed by atoms with Gasteiger partial charge in [0.05, 0.1) is 40.6 Å². The van der Waals surface area contributed by atoms with Crippen LogP contribution in [-0.4, -0.2) is 75.2 Å². The zero-order chi connectivity index (χ0) is 33.5. The van der Waals surface area contributed by atoms with Crippen LogP contribution < -0.4 is 10.6 Å². The molecule has 2 aliphatic carbocycles. The van der Waals surface area contributed by atoms with Gasteiger partial charge in [-0.3, -0.25) is 9.59 Å². The van der Waals surface area contributed by atoms with E-state index in [0.29, 0.717) is 12.1 Å². The summed E-state index contributed by atoms with van der Waals surface area (Å²) in [4.78, 5) is 34.9. The number of hydrogen-bond acceptors (Lipinski definition) is 8. The van der Waals surface area contributed by atoms with Crippen LogP contribution in [0.2, 0.25) is 0 Å². The smallest absolute Gasteiger partial charge is 0.243 e. The second kappa shape index (κ2) is 15.5. The van der Waals surface area contributed by atoms with E-state index in [4.69, 9.17) is 0 Å². The molecule has 2 aliphatic rings. The summed E-state index contributed by atoms with van der Waals surface area (Å²) in [6, 6.07) is 9.13. The van der Waals surface area contributed by atoms with Gasteiger partial charge in [0.1, 0.15) is 18.2 Å². The molecule has 252 valence electrons. The predicted molar refractivity (Wildman–Crippen MR) is 174 cm³/mol. The minimum absolute atomic E-state index is 0.0112. The fraction of sp³-hybridized carbons (Fsp3) is 0.647. The number of aliphatic hydroxyl groups is 2. The predicted octanol–water partition coefficient (Wildman–Crippen LogP) is 2.97. The van der Waals surface area contributed by atoms with Crippen LogP contribution in [-0.2, 0) is 32.3 Å². The number of nitrogens with zero attached hydrogens (tertiary/aromatic N) is 2. The lowest BCUT2D eigenvalue weighted by Crippen LogP contribution is -2.57. The molecule has 0 saturated heterocycles. The Kier molecular flexibility index (Phi) is 12.0. The minimum atomic E-state index is -3.72. The number of imidazole rings is 1. The number of nitriles is 1. The van der Waals surface area contributed by atoms with Gasteiger partial charge in [-0.1, -0.05) is 62.4 Å². The molecule has 2 amide bonds. The van der Waals surface area contributed by atoms with Gasteiger partial charge in [0.2, 0.25) is 11.8 Å². The van der Waals surface area contributed by atoms with Crippen LogP contribution in [0.25, 0.3) is 0 Å². The maximum atomic E-state index is 14.0. The number of aromatic amines is 1.